The molecule has 0 aromatic heterocycles. The number of carbonyl (C=O) groups excluding carboxylic acids is 1. The van der Waals surface area contributed by atoms with Crippen LogP contribution in [0.2, 0.25) is 0 Å². The molecule has 2 fully saturated rings. The highest BCUT2D eigenvalue weighted by molar-refractivity contribution is 5.57. The summed E-state index contributed by atoms with van der Waals surface area (Å²) in [6, 6.07) is 0.210. The predicted molar refractivity (Wildman–Crippen MR) is 72.7 cm³/mol. The number of unbranched alkanes of at least 4 members (excludes halogenated alkanes) is 1. The second-order valence-corrected chi connectivity index (χ2v) is 5.79. The first-order chi connectivity index (χ1) is 8.90. The van der Waals surface area contributed by atoms with E-state index in [9.17, 15) is 4.79 Å². The van der Waals surface area contributed by atoms with Crippen molar-refractivity contribution in [3.63, 3.8) is 0 Å². The Kier molecular flexibility index (Phi) is 6.15. The second-order valence-electron chi connectivity index (χ2n) is 5.79. The average molecular weight is 253 g/mol. The Labute approximate surface area is 111 Å². The Balaban J connectivity index is 1.57. The van der Waals surface area contributed by atoms with Crippen LogP contribution in [0.1, 0.15) is 51.4 Å². The van der Waals surface area contributed by atoms with Gasteiger partial charge in [0.25, 0.3) is 0 Å². The third-order valence-corrected chi connectivity index (χ3v) is 4.47. The van der Waals surface area contributed by atoms with Gasteiger partial charge in [-0.05, 0) is 51.1 Å². The van der Waals surface area contributed by atoms with Gasteiger partial charge in [0, 0.05) is 13.2 Å². The summed E-state index contributed by atoms with van der Waals surface area (Å²) in [5.41, 5.74) is 0. The number of hydrogen-bond acceptors (Lipinski definition) is 3. The molecule has 0 aromatic rings. The van der Waals surface area contributed by atoms with Crippen molar-refractivity contribution in [2.24, 2.45) is 5.92 Å². The number of ether oxygens (including phenoxy) is 1. The lowest BCUT2D eigenvalue weighted by Gasteiger charge is -2.32. The first-order valence-electron chi connectivity index (χ1n) is 7.67. The molecule has 3 nitrogen and oxygen atoms in total. The van der Waals surface area contributed by atoms with E-state index in [0.717, 1.165) is 44.9 Å². The molecule has 0 aliphatic carbocycles. The average Bonchev–Trinajstić information content (AvgIpc) is 2.45. The molecule has 2 aliphatic rings. The summed E-state index contributed by atoms with van der Waals surface area (Å²) in [6.07, 6.45) is 11.1. The molecule has 18 heavy (non-hydrogen) atoms. The molecule has 104 valence electrons. The van der Waals surface area contributed by atoms with E-state index in [1.54, 1.807) is 0 Å². The van der Waals surface area contributed by atoms with Gasteiger partial charge in [0.15, 0.2) is 0 Å². The molecule has 0 radical (unpaired) electrons. The monoisotopic (exact) mass is 253 g/mol. The fourth-order valence-corrected chi connectivity index (χ4v) is 3.23. The smallest absolute Gasteiger partial charge is 0.137 e. The Bertz CT molecular complexity index is 239. The molecule has 1 atom stereocenters. The number of nitrogens with zero attached hydrogens (tertiary/aromatic N) is 1. The van der Waals surface area contributed by atoms with Crippen LogP contribution in [0.15, 0.2) is 0 Å². The van der Waals surface area contributed by atoms with Gasteiger partial charge in [0.2, 0.25) is 0 Å². The second kappa shape index (κ2) is 7.90. The number of aldehydes is 1. The number of rotatable bonds is 6. The molecule has 0 saturated carbocycles. The minimum Gasteiger partial charge on any atom is -0.381 e. The van der Waals surface area contributed by atoms with Crippen LogP contribution in [0.5, 0.6) is 0 Å². The van der Waals surface area contributed by atoms with Gasteiger partial charge in [-0.1, -0.05) is 19.3 Å². The Morgan fingerprint density at radius 1 is 1.11 bits per heavy atom. The molecule has 0 amide bonds. The lowest BCUT2D eigenvalue weighted by atomic mass is 9.94. The van der Waals surface area contributed by atoms with Gasteiger partial charge in [-0.25, -0.2) is 0 Å². The zero-order valence-corrected chi connectivity index (χ0v) is 11.5. The third-order valence-electron chi connectivity index (χ3n) is 4.47. The van der Waals surface area contributed by atoms with Crippen LogP contribution in [0.25, 0.3) is 0 Å². The van der Waals surface area contributed by atoms with Gasteiger partial charge in [-0.2, -0.15) is 0 Å². The third kappa shape index (κ3) is 4.36. The molecule has 0 bridgehead atoms. The van der Waals surface area contributed by atoms with Gasteiger partial charge in [-0.15, -0.1) is 0 Å². The summed E-state index contributed by atoms with van der Waals surface area (Å²) >= 11 is 0. The van der Waals surface area contributed by atoms with E-state index in [2.05, 4.69) is 4.90 Å². The maximum atomic E-state index is 11.0. The Hall–Kier alpha value is -0.410. The minimum atomic E-state index is 0.210. The van der Waals surface area contributed by atoms with Crippen LogP contribution in [-0.2, 0) is 9.53 Å². The highest BCUT2D eigenvalue weighted by atomic mass is 16.5. The molecule has 1 unspecified atom stereocenters. The van der Waals surface area contributed by atoms with Crippen molar-refractivity contribution in [2.45, 2.75) is 57.4 Å². The van der Waals surface area contributed by atoms with Crippen molar-refractivity contribution >= 4 is 6.29 Å². The molecule has 2 aliphatic heterocycles. The topological polar surface area (TPSA) is 29.5 Å². The van der Waals surface area contributed by atoms with Crippen LogP contribution in [0.3, 0.4) is 0 Å². The van der Waals surface area contributed by atoms with Crippen LogP contribution < -0.4 is 0 Å². The standard InChI is InChI=1S/C15H27NO2/c17-13-15-6-2-4-10-16(15)9-3-1-5-14-7-11-18-12-8-14/h13-15H,1-12H2. The summed E-state index contributed by atoms with van der Waals surface area (Å²) in [7, 11) is 0. The molecular weight excluding hydrogens is 226 g/mol. The van der Waals surface area contributed by atoms with Crippen molar-refractivity contribution < 1.29 is 9.53 Å². The zero-order valence-electron chi connectivity index (χ0n) is 11.5. The number of likely N-dealkylation sites (tertiary alicyclic amines) is 1. The van der Waals surface area contributed by atoms with Gasteiger partial charge in [0.05, 0.1) is 6.04 Å². The van der Waals surface area contributed by atoms with E-state index >= 15 is 0 Å². The molecule has 2 rings (SSSR count). The predicted octanol–water partition coefficient (Wildman–Crippen LogP) is 2.64. The number of piperidine rings is 1. The van der Waals surface area contributed by atoms with E-state index in [1.165, 1.54) is 44.9 Å². The molecule has 2 heterocycles. The van der Waals surface area contributed by atoms with Crippen LogP contribution >= 0.6 is 0 Å². The van der Waals surface area contributed by atoms with Gasteiger partial charge >= 0.3 is 0 Å². The van der Waals surface area contributed by atoms with Gasteiger partial charge < -0.3 is 9.53 Å². The van der Waals surface area contributed by atoms with E-state index in [4.69, 9.17) is 4.74 Å². The number of carbonyl (C=O) groups is 1. The van der Waals surface area contributed by atoms with E-state index in [1.807, 2.05) is 0 Å². The summed E-state index contributed by atoms with van der Waals surface area (Å²) < 4.78 is 5.38. The Morgan fingerprint density at radius 3 is 2.72 bits per heavy atom. The maximum absolute atomic E-state index is 11.0. The summed E-state index contributed by atoms with van der Waals surface area (Å²) in [4.78, 5) is 13.4. The lowest BCUT2D eigenvalue weighted by molar-refractivity contribution is -0.113. The lowest BCUT2D eigenvalue weighted by Crippen LogP contribution is -2.41. The first kappa shape index (κ1) is 14.0. The summed E-state index contributed by atoms with van der Waals surface area (Å²) in [5.74, 6) is 0.891. The van der Waals surface area contributed by atoms with Crippen LogP contribution in [0, 0.1) is 5.92 Å². The van der Waals surface area contributed by atoms with Gasteiger partial charge in [0.1, 0.15) is 6.29 Å². The molecule has 3 heteroatoms. The van der Waals surface area contributed by atoms with Crippen LogP contribution in [-0.4, -0.2) is 43.5 Å². The summed E-state index contributed by atoms with van der Waals surface area (Å²) in [5, 5.41) is 0. The van der Waals surface area contributed by atoms with E-state index in [-0.39, 0.29) is 6.04 Å². The highest BCUT2D eigenvalue weighted by Crippen LogP contribution is 2.21. The maximum Gasteiger partial charge on any atom is 0.137 e. The summed E-state index contributed by atoms with van der Waals surface area (Å²) in [6.45, 7) is 4.17. The van der Waals surface area contributed by atoms with Crippen molar-refractivity contribution in [3.05, 3.63) is 0 Å². The zero-order chi connectivity index (χ0) is 12.6. The molecule has 2 saturated heterocycles. The molecule has 0 spiro atoms. The Morgan fingerprint density at radius 2 is 1.94 bits per heavy atom. The van der Waals surface area contributed by atoms with E-state index in [0.29, 0.717) is 0 Å². The molecular formula is C15H27NO2. The SMILES string of the molecule is O=CC1CCCCN1CCCCC1CCOCC1. The quantitative estimate of drug-likeness (QED) is 0.538. The van der Waals surface area contributed by atoms with Crippen molar-refractivity contribution in [2.75, 3.05) is 26.3 Å². The normalized spacial score (nSPS) is 27.2. The first-order valence-corrected chi connectivity index (χ1v) is 7.67. The van der Waals surface area contributed by atoms with Crippen molar-refractivity contribution in [1.82, 2.24) is 4.90 Å². The van der Waals surface area contributed by atoms with Gasteiger partial charge in [-0.3, -0.25) is 4.90 Å². The number of hydrogen-bond donors (Lipinski definition) is 0. The highest BCUT2D eigenvalue weighted by Gasteiger charge is 2.21. The van der Waals surface area contributed by atoms with Crippen molar-refractivity contribution in [3.8, 4) is 0 Å². The van der Waals surface area contributed by atoms with E-state index < -0.39 is 0 Å². The minimum absolute atomic E-state index is 0.210. The van der Waals surface area contributed by atoms with Crippen LogP contribution in [0.4, 0.5) is 0 Å². The van der Waals surface area contributed by atoms with Crippen molar-refractivity contribution in [1.29, 1.82) is 0 Å². The fourth-order valence-electron chi connectivity index (χ4n) is 3.23. The fraction of sp³-hybridized carbons (Fsp3) is 0.933. The largest absolute Gasteiger partial charge is 0.381 e. The molecule has 0 N–H and O–H groups in total. The molecule has 0 aromatic carbocycles.